The molecule has 3 N–H and O–H groups in total. The zero-order valence-corrected chi connectivity index (χ0v) is 8.10. The largest absolute Gasteiger partial charge is 0.479 e. The Morgan fingerprint density at radius 2 is 2.07 bits per heavy atom. The first-order chi connectivity index (χ1) is 6.91. The molecule has 0 unspecified atom stereocenters. The topological polar surface area (TPSA) is 59.1 Å². The molecule has 1 saturated carbocycles. The van der Waals surface area contributed by atoms with E-state index in [2.05, 4.69) is 0 Å². The molecule has 0 aromatic rings. The molecule has 1 rings (SSSR count). The molecular formula is C9H13F3N2O. The van der Waals surface area contributed by atoms with Crippen LogP contribution in [-0.2, 0) is 4.74 Å². The summed E-state index contributed by atoms with van der Waals surface area (Å²) in [5.41, 5.74) is 3.71. The Balaban J connectivity index is 2.33. The molecule has 1 fully saturated rings. The van der Waals surface area contributed by atoms with Crippen LogP contribution in [-0.4, -0.2) is 19.0 Å². The van der Waals surface area contributed by atoms with Crippen molar-refractivity contribution in [3.63, 3.8) is 0 Å². The van der Waals surface area contributed by atoms with E-state index in [0.717, 1.165) is 6.21 Å². The average molecular weight is 222 g/mol. The van der Waals surface area contributed by atoms with Gasteiger partial charge in [0.2, 0.25) is 0 Å². The summed E-state index contributed by atoms with van der Waals surface area (Å²) in [6, 6.07) is 0. The van der Waals surface area contributed by atoms with Crippen LogP contribution in [0.25, 0.3) is 0 Å². The Kier molecular flexibility index (Phi) is 3.26. The Morgan fingerprint density at radius 1 is 1.47 bits per heavy atom. The Hall–Kier alpha value is -1.20. The lowest BCUT2D eigenvalue weighted by molar-refractivity contribution is -0.191. The first-order valence-corrected chi connectivity index (χ1v) is 4.57. The molecule has 0 saturated heterocycles. The smallest absolute Gasteiger partial charge is 0.394 e. The highest BCUT2D eigenvalue weighted by molar-refractivity contribution is 5.67. The van der Waals surface area contributed by atoms with Gasteiger partial charge in [0.25, 0.3) is 0 Å². The summed E-state index contributed by atoms with van der Waals surface area (Å²) in [5, 5.41) is 6.66. The molecule has 0 aromatic carbocycles. The van der Waals surface area contributed by atoms with Crippen LogP contribution in [0.5, 0.6) is 0 Å². The van der Waals surface area contributed by atoms with E-state index in [-0.39, 0.29) is 31.8 Å². The van der Waals surface area contributed by atoms with Crippen molar-refractivity contribution in [1.29, 1.82) is 5.41 Å². The van der Waals surface area contributed by atoms with E-state index in [9.17, 15) is 13.2 Å². The van der Waals surface area contributed by atoms with Crippen LogP contribution < -0.4 is 5.73 Å². The predicted octanol–water partition coefficient (Wildman–Crippen LogP) is 2.19. The quantitative estimate of drug-likeness (QED) is 0.553. The molecule has 6 heteroatoms. The highest BCUT2D eigenvalue weighted by Gasteiger charge is 2.62. The van der Waals surface area contributed by atoms with E-state index >= 15 is 0 Å². The van der Waals surface area contributed by atoms with Crippen molar-refractivity contribution in [3.05, 3.63) is 12.0 Å². The van der Waals surface area contributed by atoms with Gasteiger partial charge in [-0.05, 0) is 19.3 Å². The van der Waals surface area contributed by atoms with Crippen molar-refractivity contribution >= 4 is 6.21 Å². The zero-order chi connectivity index (χ0) is 11.5. The Bertz CT molecular complexity index is 269. The second-order valence-corrected chi connectivity index (χ2v) is 3.61. The van der Waals surface area contributed by atoms with Gasteiger partial charge in [0, 0.05) is 12.3 Å². The molecule has 1 aliphatic rings. The fraction of sp³-hybridized carbons (Fsp3) is 0.667. The van der Waals surface area contributed by atoms with Gasteiger partial charge in [-0.2, -0.15) is 13.2 Å². The minimum absolute atomic E-state index is 0.0250. The minimum atomic E-state index is -4.14. The summed E-state index contributed by atoms with van der Waals surface area (Å²) in [7, 11) is 0. The van der Waals surface area contributed by atoms with Crippen molar-refractivity contribution in [2.75, 3.05) is 6.61 Å². The van der Waals surface area contributed by atoms with E-state index in [1.54, 1.807) is 0 Å². The predicted molar refractivity (Wildman–Crippen MR) is 49.3 cm³/mol. The van der Waals surface area contributed by atoms with Crippen LogP contribution >= 0.6 is 0 Å². The molecule has 0 spiro atoms. The standard InChI is InChI=1S/C9H13F3N2O/c10-9(11,12)8(2-3-8)4-6-15-7(14)1-5-13/h1,5,13H,2-4,6,14H2. The summed E-state index contributed by atoms with van der Waals surface area (Å²) < 4.78 is 42.1. The van der Waals surface area contributed by atoms with Gasteiger partial charge in [0.05, 0.1) is 12.0 Å². The molecule has 0 amide bonds. The van der Waals surface area contributed by atoms with E-state index in [0.29, 0.717) is 0 Å². The number of hydrogen-bond acceptors (Lipinski definition) is 3. The highest BCUT2D eigenvalue weighted by Crippen LogP contribution is 2.59. The summed E-state index contributed by atoms with van der Waals surface area (Å²) in [5.74, 6) is -0.0250. The molecule has 0 aromatic heterocycles. The second-order valence-electron chi connectivity index (χ2n) is 3.61. The van der Waals surface area contributed by atoms with Gasteiger partial charge < -0.3 is 15.9 Å². The average Bonchev–Trinajstić information content (AvgIpc) is 2.84. The molecule has 0 bridgehead atoms. The lowest BCUT2D eigenvalue weighted by Crippen LogP contribution is -2.26. The van der Waals surface area contributed by atoms with Crippen LogP contribution in [0.3, 0.4) is 0 Å². The van der Waals surface area contributed by atoms with E-state index in [1.807, 2.05) is 0 Å². The highest BCUT2D eigenvalue weighted by atomic mass is 19.4. The lowest BCUT2D eigenvalue weighted by atomic mass is 10.0. The molecule has 15 heavy (non-hydrogen) atoms. The number of halogens is 3. The molecule has 0 radical (unpaired) electrons. The maximum Gasteiger partial charge on any atom is 0.394 e. The van der Waals surface area contributed by atoms with E-state index in [4.69, 9.17) is 15.9 Å². The van der Waals surface area contributed by atoms with E-state index < -0.39 is 11.6 Å². The van der Waals surface area contributed by atoms with Gasteiger partial charge in [0.1, 0.15) is 0 Å². The second kappa shape index (κ2) is 4.12. The monoisotopic (exact) mass is 222 g/mol. The van der Waals surface area contributed by atoms with Crippen LogP contribution in [0.4, 0.5) is 13.2 Å². The molecule has 1 aliphatic carbocycles. The van der Waals surface area contributed by atoms with Crippen molar-refractivity contribution in [2.24, 2.45) is 11.1 Å². The number of alkyl halides is 3. The fourth-order valence-electron chi connectivity index (χ4n) is 1.32. The third-order valence-electron chi connectivity index (χ3n) is 2.55. The number of ether oxygens (including phenoxy) is 1. The van der Waals surface area contributed by atoms with Gasteiger partial charge in [-0.3, -0.25) is 0 Å². The molecule has 0 aliphatic heterocycles. The number of nitrogens with two attached hydrogens (primary N) is 1. The Labute approximate surface area is 85.6 Å². The van der Waals surface area contributed by atoms with Gasteiger partial charge in [-0.25, -0.2) is 0 Å². The summed E-state index contributed by atoms with van der Waals surface area (Å²) in [6.07, 6.45) is -1.75. The first-order valence-electron chi connectivity index (χ1n) is 4.57. The SMILES string of the molecule is N=CC=C(N)OCCC1(C(F)(F)F)CC1. The van der Waals surface area contributed by atoms with E-state index in [1.165, 1.54) is 6.08 Å². The van der Waals surface area contributed by atoms with Gasteiger partial charge in [-0.15, -0.1) is 0 Å². The molecule has 86 valence electrons. The van der Waals surface area contributed by atoms with Crippen molar-refractivity contribution < 1.29 is 17.9 Å². The van der Waals surface area contributed by atoms with Crippen molar-refractivity contribution in [2.45, 2.75) is 25.4 Å². The molecule has 3 nitrogen and oxygen atoms in total. The number of rotatable bonds is 5. The van der Waals surface area contributed by atoms with Gasteiger partial charge in [-0.1, -0.05) is 0 Å². The van der Waals surface area contributed by atoms with Crippen LogP contribution in [0, 0.1) is 10.8 Å². The number of nitrogens with one attached hydrogen (secondary N) is 1. The van der Waals surface area contributed by atoms with Crippen molar-refractivity contribution in [3.8, 4) is 0 Å². The zero-order valence-electron chi connectivity index (χ0n) is 8.10. The minimum Gasteiger partial charge on any atom is -0.479 e. The number of allylic oxidation sites excluding steroid dienone is 1. The van der Waals surface area contributed by atoms with Crippen LogP contribution in [0.2, 0.25) is 0 Å². The Morgan fingerprint density at radius 3 is 2.47 bits per heavy atom. The molecule has 0 heterocycles. The lowest BCUT2D eigenvalue weighted by Gasteiger charge is -2.18. The summed E-state index contributed by atoms with van der Waals surface area (Å²) in [6.45, 7) is -0.0598. The normalized spacial score (nSPS) is 19.8. The maximum absolute atomic E-state index is 12.4. The summed E-state index contributed by atoms with van der Waals surface area (Å²) in [4.78, 5) is 0. The number of hydrogen-bond donors (Lipinski definition) is 2. The van der Waals surface area contributed by atoms with Gasteiger partial charge in [0.15, 0.2) is 5.88 Å². The third-order valence-corrected chi connectivity index (χ3v) is 2.55. The molecular weight excluding hydrogens is 209 g/mol. The first kappa shape index (κ1) is 11.9. The summed E-state index contributed by atoms with van der Waals surface area (Å²) >= 11 is 0. The van der Waals surface area contributed by atoms with Gasteiger partial charge >= 0.3 is 6.18 Å². The fourth-order valence-corrected chi connectivity index (χ4v) is 1.32. The third kappa shape index (κ3) is 2.87. The van der Waals surface area contributed by atoms with Crippen LogP contribution in [0.1, 0.15) is 19.3 Å². The maximum atomic E-state index is 12.4. The van der Waals surface area contributed by atoms with Crippen LogP contribution in [0.15, 0.2) is 12.0 Å². The molecule has 0 atom stereocenters. The van der Waals surface area contributed by atoms with Crippen molar-refractivity contribution in [1.82, 2.24) is 0 Å².